The van der Waals surface area contributed by atoms with Gasteiger partial charge in [-0.3, -0.25) is 20.1 Å². The first-order valence-electron chi connectivity index (χ1n) is 8.43. The van der Waals surface area contributed by atoms with E-state index in [0.717, 1.165) is 27.5 Å². The lowest BCUT2D eigenvalue weighted by molar-refractivity contribution is 0.101. The molecule has 4 heterocycles. The molecule has 0 atom stereocenters. The van der Waals surface area contributed by atoms with Crippen molar-refractivity contribution in [2.24, 2.45) is 0 Å². The van der Waals surface area contributed by atoms with E-state index in [1.54, 1.807) is 6.20 Å². The predicted octanol–water partition coefficient (Wildman–Crippen LogP) is 2.75. The summed E-state index contributed by atoms with van der Waals surface area (Å²) in [6.07, 6.45) is 5.94. The fourth-order valence-electron chi connectivity index (χ4n) is 2.77. The molecule has 28 heavy (non-hydrogen) atoms. The Balaban J connectivity index is 1.61. The van der Waals surface area contributed by atoms with Gasteiger partial charge in [0, 0.05) is 23.0 Å². The molecule has 0 bridgehead atoms. The largest absolute Gasteiger partial charge is 0.296 e. The number of carbonyl (C=O) groups excluding carboxylic acids is 1. The zero-order valence-corrected chi connectivity index (χ0v) is 16.2. The first-order valence-corrected chi connectivity index (χ1v) is 9.24. The number of hydrogen-bond donors (Lipinski definition) is 1. The number of thiazole rings is 1. The van der Waals surface area contributed by atoms with E-state index in [1.165, 1.54) is 34.6 Å². The van der Waals surface area contributed by atoms with Crippen molar-refractivity contribution in [3.8, 4) is 17.2 Å². The third-order valence-electron chi connectivity index (χ3n) is 3.91. The van der Waals surface area contributed by atoms with Gasteiger partial charge in [-0.05, 0) is 38.5 Å². The maximum absolute atomic E-state index is 12.7. The summed E-state index contributed by atoms with van der Waals surface area (Å²) >= 11 is 1.39. The molecule has 10 heteroatoms. The van der Waals surface area contributed by atoms with E-state index >= 15 is 0 Å². The Morgan fingerprint density at radius 1 is 1.11 bits per heavy atom. The summed E-state index contributed by atoms with van der Waals surface area (Å²) in [5, 5.41) is 11.0. The van der Waals surface area contributed by atoms with Gasteiger partial charge in [-0.1, -0.05) is 5.21 Å². The summed E-state index contributed by atoms with van der Waals surface area (Å²) in [5.41, 5.74) is 3.82. The average Bonchev–Trinajstić information content (AvgIpc) is 3.28. The van der Waals surface area contributed by atoms with Crippen LogP contribution in [-0.4, -0.2) is 40.8 Å². The Kier molecular flexibility index (Phi) is 4.62. The van der Waals surface area contributed by atoms with Crippen LogP contribution in [0.1, 0.15) is 26.6 Å². The van der Waals surface area contributed by atoms with Crippen molar-refractivity contribution in [2.75, 3.05) is 5.32 Å². The second-order valence-electron chi connectivity index (χ2n) is 6.14. The molecule has 0 aliphatic heterocycles. The number of carbonyl (C=O) groups is 1. The molecular weight excluding hydrogens is 376 g/mol. The quantitative estimate of drug-likeness (QED) is 0.568. The predicted molar refractivity (Wildman–Crippen MR) is 104 cm³/mol. The van der Waals surface area contributed by atoms with Gasteiger partial charge in [-0.2, -0.15) is 4.68 Å². The first kappa shape index (κ1) is 17.9. The number of aromatic nitrogens is 7. The van der Waals surface area contributed by atoms with Crippen molar-refractivity contribution in [2.45, 2.75) is 20.8 Å². The number of nitrogens with one attached hydrogen (secondary N) is 1. The van der Waals surface area contributed by atoms with E-state index in [2.05, 4.69) is 35.6 Å². The van der Waals surface area contributed by atoms with Crippen LogP contribution in [0.3, 0.4) is 0 Å². The maximum Gasteiger partial charge on any atom is 0.277 e. The Morgan fingerprint density at radius 2 is 1.96 bits per heavy atom. The topological polar surface area (TPSA) is 111 Å². The van der Waals surface area contributed by atoms with E-state index in [1.807, 2.05) is 32.9 Å². The number of pyridine rings is 1. The summed E-state index contributed by atoms with van der Waals surface area (Å²) in [4.78, 5) is 30.9. The van der Waals surface area contributed by atoms with Crippen LogP contribution < -0.4 is 5.32 Å². The monoisotopic (exact) mass is 392 g/mol. The Hall–Kier alpha value is -3.53. The average molecular weight is 392 g/mol. The summed E-state index contributed by atoms with van der Waals surface area (Å²) < 4.78 is 1.33. The highest BCUT2D eigenvalue weighted by Crippen LogP contribution is 2.30. The molecule has 0 fully saturated rings. The molecule has 1 amide bonds. The van der Waals surface area contributed by atoms with Gasteiger partial charge in [0.15, 0.2) is 16.6 Å². The molecule has 4 rings (SSSR count). The van der Waals surface area contributed by atoms with E-state index in [9.17, 15) is 4.79 Å². The van der Waals surface area contributed by atoms with Gasteiger partial charge in [0.25, 0.3) is 5.91 Å². The fraction of sp³-hybridized carbons (Fsp3) is 0.167. The van der Waals surface area contributed by atoms with Crippen LogP contribution in [0, 0.1) is 20.8 Å². The van der Waals surface area contributed by atoms with Crippen LogP contribution in [0.2, 0.25) is 0 Å². The molecule has 0 spiro atoms. The van der Waals surface area contributed by atoms with Crippen molar-refractivity contribution < 1.29 is 4.79 Å². The normalized spacial score (nSPS) is 10.8. The first-order chi connectivity index (χ1) is 13.5. The number of rotatable bonds is 4. The summed E-state index contributed by atoms with van der Waals surface area (Å²) in [6.45, 7) is 5.91. The molecule has 9 nitrogen and oxygen atoms in total. The minimum Gasteiger partial charge on any atom is -0.296 e. The number of anilines is 1. The number of hydrogen-bond acceptors (Lipinski definition) is 8. The highest BCUT2D eigenvalue weighted by molar-refractivity contribution is 7.16. The standard InChI is InChI=1S/C18H16N8OS/c1-10-6-11(2)22-13(7-10)16-12(3)28-18(23-16)24-17(27)14-8-21-25-26(14)15-9-19-4-5-20-15/h4-9H,1-3H3,(H,23,24,27). The smallest absolute Gasteiger partial charge is 0.277 e. The fourth-order valence-corrected chi connectivity index (χ4v) is 3.59. The van der Waals surface area contributed by atoms with Crippen molar-refractivity contribution in [3.63, 3.8) is 0 Å². The van der Waals surface area contributed by atoms with Gasteiger partial charge >= 0.3 is 0 Å². The molecule has 4 aromatic rings. The summed E-state index contributed by atoms with van der Waals surface area (Å²) in [6, 6.07) is 3.99. The molecule has 0 saturated heterocycles. The van der Waals surface area contributed by atoms with Gasteiger partial charge in [0.1, 0.15) is 5.69 Å². The summed E-state index contributed by atoms with van der Waals surface area (Å²) in [5.74, 6) is 0.0185. The van der Waals surface area contributed by atoms with Crippen molar-refractivity contribution in [1.82, 2.24) is 34.9 Å². The molecule has 140 valence electrons. The number of nitrogens with zero attached hydrogens (tertiary/aromatic N) is 7. The summed E-state index contributed by atoms with van der Waals surface area (Å²) in [7, 11) is 0. The van der Waals surface area contributed by atoms with E-state index in [-0.39, 0.29) is 11.6 Å². The van der Waals surface area contributed by atoms with Crippen molar-refractivity contribution >= 4 is 22.4 Å². The Morgan fingerprint density at radius 3 is 2.71 bits per heavy atom. The zero-order valence-electron chi connectivity index (χ0n) is 15.4. The lowest BCUT2D eigenvalue weighted by Gasteiger charge is -2.04. The zero-order chi connectivity index (χ0) is 19.7. The Labute approximate surface area is 164 Å². The molecule has 0 aliphatic rings. The van der Waals surface area contributed by atoms with Crippen LogP contribution in [0.15, 0.2) is 36.9 Å². The number of amides is 1. The van der Waals surface area contributed by atoms with Crippen molar-refractivity contribution in [1.29, 1.82) is 0 Å². The molecule has 1 N–H and O–H groups in total. The minimum absolute atomic E-state index is 0.236. The van der Waals surface area contributed by atoms with Gasteiger partial charge in [0.2, 0.25) is 0 Å². The van der Waals surface area contributed by atoms with Crippen LogP contribution in [0.4, 0.5) is 5.13 Å². The molecule has 0 aromatic carbocycles. The highest BCUT2D eigenvalue weighted by atomic mass is 32.1. The lowest BCUT2D eigenvalue weighted by Crippen LogP contribution is -2.17. The Bertz CT molecular complexity index is 1130. The highest BCUT2D eigenvalue weighted by Gasteiger charge is 2.19. The van der Waals surface area contributed by atoms with Crippen LogP contribution >= 0.6 is 11.3 Å². The van der Waals surface area contributed by atoms with Gasteiger partial charge in [-0.15, -0.1) is 16.4 Å². The lowest BCUT2D eigenvalue weighted by atomic mass is 10.2. The maximum atomic E-state index is 12.7. The molecular formula is C18H16N8OS. The van der Waals surface area contributed by atoms with E-state index in [4.69, 9.17) is 0 Å². The van der Waals surface area contributed by atoms with Crippen LogP contribution in [0.5, 0.6) is 0 Å². The molecule has 0 saturated carbocycles. The van der Waals surface area contributed by atoms with Gasteiger partial charge < -0.3 is 0 Å². The SMILES string of the molecule is Cc1cc(C)nc(-c2nc(NC(=O)c3cnnn3-c3cnccn3)sc2C)c1. The minimum atomic E-state index is -0.385. The van der Waals surface area contributed by atoms with Crippen molar-refractivity contribution in [3.05, 3.63) is 58.7 Å². The second-order valence-corrected chi connectivity index (χ2v) is 7.35. The van der Waals surface area contributed by atoms with Gasteiger partial charge in [-0.25, -0.2) is 9.97 Å². The molecule has 4 aromatic heterocycles. The van der Waals surface area contributed by atoms with E-state index < -0.39 is 0 Å². The second kappa shape index (κ2) is 7.24. The molecule has 0 radical (unpaired) electrons. The molecule has 0 unspecified atom stereocenters. The van der Waals surface area contributed by atoms with Gasteiger partial charge in [0.05, 0.1) is 18.1 Å². The molecule has 0 aliphatic carbocycles. The third-order valence-corrected chi connectivity index (χ3v) is 4.79. The van der Waals surface area contributed by atoms with Crippen LogP contribution in [0.25, 0.3) is 17.2 Å². The van der Waals surface area contributed by atoms with E-state index in [0.29, 0.717) is 10.9 Å². The van der Waals surface area contributed by atoms with Crippen LogP contribution in [-0.2, 0) is 0 Å². The number of aryl methyl sites for hydroxylation is 3. The third kappa shape index (κ3) is 3.49.